The van der Waals surface area contributed by atoms with E-state index in [0.29, 0.717) is 24.2 Å². The fraction of sp³-hybridized carbons (Fsp3) is 0.381. The molecule has 4 heteroatoms. The van der Waals surface area contributed by atoms with Gasteiger partial charge in [0.1, 0.15) is 0 Å². The van der Waals surface area contributed by atoms with Crippen molar-refractivity contribution in [3.05, 3.63) is 70.2 Å². The molecule has 3 aromatic rings. The summed E-state index contributed by atoms with van der Waals surface area (Å²) in [5, 5.41) is 0. The number of aromatic nitrogens is 1. The lowest BCUT2D eigenvalue weighted by Crippen LogP contribution is -2.34. The number of nitrogens with zero attached hydrogens (tertiary/aromatic N) is 2. The van der Waals surface area contributed by atoms with E-state index in [0.717, 1.165) is 12.1 Å². The van der Waals surface area contributed by atoms with Crippen LogP contribution in [0.2, 0.25) is 0 Å². The zero-order valence-corrected chi connectivity index (χ0v) is 14.2. The predicted molar refractivity (Wildman–Crippen MR) is 97.7 cm³/mol. The van der Waals surface area contributed by atoms with Gasteiger partial charge >= 0.3 is 5.76 Å². The molecule has 5 rings (SSSR count). The Labute approximate surface area is 146 Å². The fourth-order valence-electron chi connectivity index (χ4n) is 4.32. The van der Waals surface area contributed by atoms with Crippen LogP contribution in [0, 0.1) is 0 Å². The summed E-state index contributed by atoms with van der Waals surface area (Å²) in [7, 11) is 0. The number of hydrogen-bond acceptors (Lipinski definition) is 3. The molecule has 1 saturated carbocycles. The molecule has 4 nitrogen and oxygen atoms in total. The minimum atomic E-state index is -0.247. The maximum absolute atomic E-state index is 12.2. The normalized spacial score (nSPS) is 19.6. The fourth-order valence-corrected chi connectivity index (χ4v) is 4.32. The molecule has 128 valence electrons. The van der Waals surface area contributed by atoms with Crippen molar-refractivity contribution in [3.8, 4) is 0 Å². The van der Waals surface area contributed by atoms with Crippen LogP contribution >= 0.6 is 0 Å². The Morgan fingerprint density at radius 3 is 2.72 bits per heavy atom. The van der Waals surface area contributed by atoms with E-state index in [-0.39, 0.29) is 5.76 Å². The van der Waals surface area contributed by atoms with Crippen LogP contribution in [-0.4, -0.2) is 22.1 Å². The maximum Gasteiger partial charge on any atom is 0.419 e. The second-order valence-corrected chi connectivity index (χ2v) is 7.21. The highest BCUT2D eigenvalue weighted by molar-refractivity contribution is 5.72. The number of benzene rings is 2. The van der Waals surface area contributed by atoms with E-state index < -0.39 is 0 Å². The van der Waals surface area contributed by atoms with Gasteiger partial charge in [-0.15, -0.1) is 0 Å². The van der Waals surface area contributed by atoms with Gasteiger partial charge in [-0.3, -0.25) is 9.47 Å². The molecular weight excluding hydrogens is 312 g/mol. The molecule has 25 heavy (non-hydrogen) atoms. The molecule has 1 heterocycles. The first-order valence-electron chi connectivity index (χ1n) is 9.23. The van der Waals surface area contributed by atoms with Gasteiger partial charge in [-0.1, -0.05) is 36.4 Å². The zero-order chi connectivity index (χ0) is 16.8. The molecule has 2 aliphatic rings. The molecule has 1 atom stereocenters. The largest absolute Gasteiger partial charge is 0.419 e. The van der Waals surface area contributed by atoms with E-state index in [1.165, 1.54) is 36.8 Å². The molecular formula is C21H22N2O2. The molecule has 2 aliphatic carbocycles. The van der Waals surface area contributed by atoms with Crippen LogP contribution in [0.4, 0.5) is 0 Å². The summed E-state index contributed by atoms with van der Waals surface area (Å²) in [6.45, 7) is 1.58. The van der Waals surface area contributed by atoms with Gasteiger partial charge in [-0.25, -0.2) is 4.79 Å². The molecule has 0 radical (unpaired) electrons. The summed E-state index contributed by atoms with van der Waals surface area (Å²) in [4.78, 5) is 14.9. The summed E-state index contributed by atoms with van der Waals surface area (Å²) < 4.78 is 7.16. The number of rotatable bonds is 5. The predicted octanol–water partition coefficient (Wildman–Crippen LogP) is 3.75. The van der Waals surface area contributed by atoms with Crippen LogP contribution in [0.3, 0.4) is 0 Å². The Kier molecular flexibility index (Phi) is 3.52. The van der Waals surface area contributed by atoms with Gasteiger partial charge in [-0.05, 0) is 48.9 Å². The van der Waals surface area contributed by atoms with Gasteiger partial charge in [0.05, 0.1) is 5.52 Å². The van der Waals surface area contributed by atoms with E-state index in [2.05, 4.69) is 29.2 Å². The number of oxazole rings is 1. The molecule has 0 N–H and O–H groups in total. The first kappa shape index (κ1) is 15.0. The molecule has 1 fully saturated rings. The average Bonchev–Trinajstić information content (AvgIpc) is 3.30. The smallest absolute Gasteiger partial charge is 0.408 e. The Bertz CT molecular complexity index is 967. The molecule has 0 saturated heterocycles. The van der Waals surface area contributed by atoms with Crippen LogP contribution in [0.15, 0.2) is 57.7 Å². The molecule has 0 bridgehead atoms. The summed E-state index contributed by atoms with van der Waals surface area (Å²) in [6, 6.07) is 17.7. The van der Waals surface area contributed by atoms with Gasteiger partial charge < -0.3 is 4.42 Å². The number of para-hydroxylation sites is 2. The first-order chi connectivity index (χ1) is 12.3. The summed E-state index contributed by atoms with van der Waals surface area (Å²) in [5.74, 6) is -0.247. The standard InChI is InChI=1S/C21H22N2O2/c24-21-23(19-7-3-4-8-20(19)25-21)14-13-22(16-10-11-16)18-12-9-15-5-1-2-6-17(15)18/h1-8,16,18H,9-14H2. The molecule has 1 unspecified atom stereocenters. The summed E-state index contributed by atoms with van der Waals surface area (Å²) >= 11 is 0. The van der Waals surface area contributed by atoms with Gasteiger partial charge in [0, 0.05) is 25.2 Å². The second kappa shape index (κ2) is 5.88. The zero-order valence-electron chi connectivity index (χ0n) is 14.2. The second-order valence-electron chi connectivity index (χ2n) is 7.21. The first-order valence-corrected chi connectivity index (χ1v) is 9.23. The van der Waals surface area contributed by atoms with Crippen LogP contribution < -0.4 is 5.76 Å². The van der Waals surface area contributed by atoms with Crippen molar-refractivity contribution in [3.63, 3.8) is 0 Å². The van der Waals surface area contributed by atoms with Crippen molar-refractivity contribution in [2.45, 2.75) is 44.3 Å². The van der Waals surface area contributed by atoms with E-state index in [1.807, 2.05) is 24.3 Å². The van der Waals surface area contributed by atoms with Gasteiger partial charge in [0.25, 0.3) is 0 Å². The molecule has 1 aromatic heterocycles. The minimum Gasteiger partial charge on any atom is -0.408 e. The van der Waals surface area contributed by atoms with E-state index in [4.69, 9.17) is 4.42 Å². The van der Waals surface area contributed by atoms with Crippen LogP contribution in [-0.2, 0) is 13.0 Å². The lowest BCUT2D eigenvalue weighted by molar-refractivity contribution is 0.178. The molecule has 2 aromatic carbocycles. The molecule has 0 amide bonds. The Balaban J connectivity index is 1.42. The van der Waals surface area contributed by atoms with Crippen molar-refractivity contribution in [1.29, 1.82) is 0 Å². The van der Waals surface area contributed by atoms with E-state index in [1.54, 1.807) is 4.57 Å². The van der Waals surface area contributed by atoms with Crippen molar-refractivity contribution in [2.24, 2.45) is 0 Å². The van der Waals surface area contributed by atoms with Crippen molar-refractivity contribution >= 4 is 11.1 Å². The maximum atomic E-state index is 12.2. The van der Waals surface area contributed by atoms with Crippen molar-refractivity contribution in [1.82, 2.24) is 9.47 Å². The third-order valence-electron chi connectivity index (χ3n) is 5.67. The SMILES string of the molecule is O=c1oc2ccccc2n1CCN(C1CC1)C1CCc2ccccc21. The Hall–Kier alpha value is -2.33. The van der Waals surface area contributed by atoms with E-state index >= 15 is 0 Å². The highest BCUT2D eigenvalue weighted by Gasteiger charge is 2.37. The van der Waals surface area contributed by atoms with Gasteiger partial charge in [0.15, 0.2) is 5.58 Å². The third-order valence-corrected chi connectivity index (χ3v) is 5.67. The van der Waals surface area contributed by atoms with Crippen LogP contribution in [0.1, 0.15) is 36.4 Å². The number of aryl methyl sites for hydroxylation is 1. The Morgan fingerprint density at radius 2 is 1.84 bits per heavy atom. The number of hydrogen-bond donors (Lipinski definition) is 0. The Morgan fingerprint density at radius 1 is 1.04 bits per heavy atom. The average molecular weight is 334 g/mol. The summed E-state index contributed by atoms with van der Waals surface area (Å²) in [5.41, 5.74) is 4.55. The number of fused-ring (bicyclic) bond motifs is 2. The monoisotopic (exact) mass is 334 g/mol. The minimum absolute atomic E-state index is 0.247. The third kappa shape index (κ3) is 2.61. The van der Waals surface area contributed by atoms with E-state index in [9.17, 15) is 4.79 Å². The molecule has 0 spiro atoms. The highest BCUT2D eigenvalue weighted by atomic mass is 16.4. The quantitative estimate of drug-likeness (QED) is 0.713. The lowest BCUT2D eigenvalue weighted by Gasteiger charge is -2.29. The van der Waals surface area contributed by atoms with Crippen LogP contribution in [0.25, 0.3) is 11.1 Å². The van der Waals surface area contributed by atoms with Gasteiger partial charge in [0.2, 0.25) is 0 Å². The van der Waals surface area contributed by atoms with Gasteiger partial charge in [-0.2, -0.15) is 0 Å². The van der Waals surface area contributed by atoms with Crippen molar-refractivity contribution < 1.29 is 4.42 Å². The summed E-state index contributed by atoms with van der Waals surface area (Å²) in [6.07, 6.45) is 4.91. The lowest BCUT2D eigenvalue weighted by atomic mass is 10.1. The molecule has 0 aliphatic heterocycles. The van der Waals surface area contributed by atoms with Crippen molar-refractivity contribution in [2.75, 3.05) is 6.54 Å². The highest BCUT2D eigenvalue weighted by Crippen LogP contribution is 2.41. The topological polar surface area (TPSA) is 38.4 Å². The van der Waals surface area contributed by atoms with Crippen LogP contribution in [0.5, 0.6) is 0 Å².